The smallest absolute Gasteiger partial charge is 0.305 e. The molecule has 1 heterocycles. The Morgan fingerprint density at radius 1 is 1.47 bits per heavy atom. The lowest BCUT2D eigenvalue weighted by atomic mass is 10.1. The van der Waals surface area contributed by atoms with Crippen LogP contribution in [-0.4, -0.2) is 38.3 Å². The summed E-state index contributed by atoms with van der Waals surface area (Å²) >= 11 is 0. The zero-order valence-electron chi connectivity index (χ0n) is 11.0. The van der Waals surface area contributed by atoms with E-state index in [9.17, 15) is 13.2 Å². The maximum atomic E-state index is 12.3. The van der Waals surface area contributed by atoms with Crippen LogP contribution in [0.2, 0.25) is 0 Å². The number of rotatable bonds is 3. The van der Waals surface area contributed by atoms with Crippen molar-refractivity contribution in [2.75, 3.05) is 17.7 Å². The summed E-state index contributed by atoms with van der Waals surface area (Å²) in [7, 11) is -1.64. The van der Waals surface area contributed by atoms with Crippen molar-refractivity contribution in [3.63, 3.8) is 0 Å². The summed E-state index contributed by atoms with van der Waals surface area (Å²) in [5.41, 5.74) is 1.58. The van der Waals surface area contributed by atoms with Gasteiger partial charge in [0, 0.05) is 7.05 Å². The monoisotopic (exact) mass is 283 g/mol. The highest BCUT2D eigenvalue weighted by Gasteiger charge is 2.35. The zero-order chi connectivity index (χ0) is 14.2. The molecule has 2 rings (SSSR count). The third kappa shape index (κ3) is 2.45. The Kier molecular flexibility index (Phi) is 3.54. The average Bonchev–Trinajstić information content (AvgIpc) is 2.34. The minimum Gasteiger partial charge on any atom is -0.481 e. The Morgan fingerprint density at radius 2 is 2.16 bits per heavy atom. The number of carbonyl (C=O) groups is 1. The van der Waals surface area contributed by atoms with E-state index in [4.69, 9.17) is 5.11 Å². The molecule has 0 aromatic heterocycles. The van der Waals surface area contributed by atoms with Crippen molar-refractivity contribution < 1.29 is 18.3 Å². The number of anilines is 1. The number of aryl methyl sites for hydroxylation is 1. The summed E-state index contributed by atoms with van der Waals surface area (Å²) in [6.45, 7) is 1.96. The van der Waals surface area contributed by atoms with Crippen LogP contribution in [-0.2, 0) is 21.1 Å². The van der Waals surface area contributed by atoms with Crippen LogP contribution in [0.4, 0.5) is 5.69 Å². The van der Waals surface area contributed by atoms with E-state index < -0.39 is 21.8 Å². The Hall–Kier alpha value is -1.56. The molecule has 0 amide bonds. The lowest BCUT2D eigenvalue weighted by molar-refractivity contribution is -0.137. The zero-order valence-corrected chi connectivity index (χ0v) is 11.8. The number of hydrogen-bond donors (Lipinski definition) is 1. The molecule has 1 N–H and O–H groups in total. The van der Waals surface area contributed by atoms with Crippen molar-refractivity contribution in [1.29, 1.82) is 0 Å². The number of hydrogen-bond acceptors (Lipinski definition) is 4. The van der Waals surface area contributed by atoms with Gasteiger partial charge in [-0.3, -0.25) is 4.79 Å². The Labute approximate surface area is 112 Å². The highest BCUT2D eigenvalue weighted by atomic mass is 32.2. The molecule has 1 aromatic carbocycles. The van der Waals surface area contributed by atoms with Gasteiger partial charge in [-0.05, 0) is 18.1 Å². The van der Waals surface area contributed by atoms with Gasteiger partial charge in [0.25, 0.3) is 0 Å². The number of carboxylic acid groups (broad SMARTS) is 1. The third-order valence-electron chi connectivity index (χ3n) is 3.52. The van der Waals surface area contributed by atoms with Crippen LogP contribution in [0.15, 0.2) is 23.1 Å². The van der Waals surface area contributed by atoms with Crippen molar-refractivity contribution >= 4 is 21.5 Å². The summed E-state index contributed by atoms with van der Waals surface area (Å²) in [5, 5.41) is 8.91. The minimum atomic E-state index is -3.41. The first-order valence-electron chi connectivity index (χ1n) is 6.16. The summed E-state index contributed by atoms with van der Waals surface area (Å²) in [6.07, 6.45) is 0.538. The number of benzene rings is 1. The molecule has 5 nitrogen and oxygen atoms in total. The second-order valence-corrected chi connectivity index (χ2v) is 6.76. The topological polar surface area (TPSA) is 74.7 Å². The summed E-state index contributed by atoms with van der Waals surface area (Å²) < 4.78 is 24.5. The highest BCUT2D eigenvalue weighted by molar-refractivity contribution is 7.91. The molecular formula is C13H17NO4S. The van der Waals surface area contributed by atoms with E-state index in [1.54, 1.807) is 24.1 Å². The number of fused-ring (bicyclic) bond motifs is 1. The molecule has 6 heteroatoms. The molecule has 1 atom stereocenters. The number of sulfone groups is 1. The first-order chi connectivity index (χ1) is 8.86. The van der Waals surface area contributed by atoms with Crippen LogP contribution in [0.25, 0.3) is 0 Å². The quantitative estimate of drug-likeness (QED) is 0.905. The van der Waals surface area contributed by atoms with Crippen molar-refractivity contribution in [2.45, 2.75) is 30.7 Å². The average molecular weight is 283 g/mol. The van der Waals surface area contributed by atoms with Crippen molar-refractivity contribution in [1.82, 2.24) is 0 Å². The van der Waals surface area contributed by atoms with Gasteiger partial charge >= 0.3 is 5.97 Å². The summed E-state index contributed by atoms with van der Waals surface area (Å²) in [4.78, 5) is 13.0. The van der Waals surface area contributed by atoms with Crippen molar-refractivity contribution in [2.24, 2.45) is 0 Å². The largest absolute Gasteiger partial charge is 0.481 e. The molecule has 0 saturated carbocycles. The van der Waals surface area contributed by atoms with E-state index in [-0.39, 0.29) is 12.2 Å². The predicted octanol–water partition coefficient (Wildman–Crippen LogP) is 1.32. The van der Waals surface area contributed by atoms with E-state index in [0.29, 0.717) is 17.0 Å². The molecule has 0 saturated heterocycles. The lowest BCUT2D eigenvalue weighted by Gasteiger charge is -2.36. The molecule has 1 aromatic rings. The van der Waals surface area contributed by atoms with Gasteiger partial charge in [-0.2, -0.15) is 0 Å². The van der Waals surface area contributed by atoms with E-state index in [1.165, 1.54) is 0 Å². The molecule has 0 fully saturated rings. The van der Waals surface area contributed by atoms with Gasteiger partial charge in [0.15, 0.2) is 9.84 Å². The number of nitrogens with zero attached hydrogens (tertiary/aromatic N) is 1. The molecule has 1 aliphatic rings. The maximum absolute atomic E-state index is 12.3. The van der Waals surface area contributed by atoms with Gasteiger partial charge in [0.2, 0.25) is 0 Å². The Balaban J connectivity index is 2.58. The van der Waals surface area contributed by atoms with Gasteiger partial charge in [-0.25, -0.2) is 8.42 Å². The van der Waals surface area contributed by atoms with Crippen LogP contribution in [0.3, 0.4) is 0 Å². The summed E-state index contributed by atoms with van der Waals surface area (Å²) in [5.74, 6) is -1.12. The van der Waals surface area contributed by atoms with Gasteiger partial charge < -0.3 is 10.0 Å². The fourth-order valence-corrected chi connectivity index (χ4v) is 4.42. The highest BCUT2D eigenvalue weighted by Crippen LogP contribution is 2.36. The van der Waals surface area contributed by atoms with E-state index >= 15 is 0 Å². The van der Waals surface area contributed by atoms with E-state index in [1.807, 2.05) is 13.0 Å². The SMILES string of the molecule is CCc1cccc2c1N(C)C(CC(=O)O)CS2(=O)=O. The number of para-hydroxylation sites is 1. The summed E-state index contributed by atoms with van der Waals surface area (Å²) in [6, 6.07) is 4.70. The van der Waals surface area contributed by atoms with Crippen molar-refractivity contribution in [3.05, 3.63) is 23.8 Å². The Morgan fingerprint density at radius 3 is 2.74 bits per heavy atom. The van der Waals surface area contributed by atoms with Gasteiger partial charge in [0.05, 0.1) is 28.8 Å². The van der Waals surface area contributed by atoms with E-state index in [2.05, 4.69) is 0 Å². The van der Waals surface area contributed by atoms with E-state index in [0.717, 1.165) is 5.56 Å². The lowest BCUT2D eigenvalue weighted by Crippen LogP contribution is -2.44. The molecule has 104 valence electrons. The predicted molar refractivity (Wildman–Crippen MR) is 72.3 cm³/mol. The van der Waals surface area contributed by atoms with Gasteiger partial charge in [0.1, 0.15) is 0 Å². The molecule has 0 aliphatic carbocycles. The molecule has 19 heavy (non-hydrogen) atoms. The first kappa shape index (κ1) is 13.9. The van der Waals surface area contributed by atoms with Crippen LogP contribution >= 0.6 is 0 Å². The minimum absolute atomic E-state index is 0.143. The Bertz CT molecular complexity index is 609. The van der Waals surface area contributed by atoms with Gasteiger partial charge in [-0.15, -0.1) is 0 Å². The molecule has 0 radical (unpaired) electrons. The molecule has 1 unspecified atom stereocenters. The normalized spacial score (nSPS) is 20.9. The molecular weight excluding hydrogens is 266 g/mol. The second-order valence-electron chi connectivity index (χ2n) is 4.76. The molecule has 0 spiro atoms. The van der Waals surface area contributed by atoms with Crippen molar-refractivity contribution in [3.8, 4) is 0 Å². The first-order valence-corrected chi connectivity index (χ1v) is 7.81. The van der Waals surface area contributed by atoms with Crippen LogP contribution in [0, 0.1) is 0 Å². The maximum Gasteiger partial charge on any atom is 0.305 e. The second kappa shape index (κ2) is 4.85. The third-order valence-corrected chi connectivity index (χ3v) is 5.34. The number of aliphatic carboxylic acids is 1. The fourth-order valence-electron chi connectivity index (χ4n) is 2.54. The van der Waals surface area contributed by atoms with Crippen LogP contribution in [0.1, 0.15) is 18.9 Å². The molecule has 0 bridgehead atoms. The van der Waals surface area contributed by atoms with Crippen LogP contribution in [0.5, 0.6) is 0 Å². The number of carboxylic acids is 1. The fraction of sp³-hybridized carbons (Fsp3) is 0.462. The molecule has 1 aliphatic heterocycles. The van der Waals surface area contributed by atoms with Crippen LogP contribution < -0.4 is 4.90 Å². The standard InChI is InChI=1S/C13H17NO4S/c1-3-9-5-4-6-11-13(9)14(2)10(7-12(15)16)8-19(11,17)18/h4-6,10H,3,7-8H2,1-2H3,(H,15,16). The van der Waals surface area contributed by atoms with Gasteiger partial charge in [-0.1, -0.05) is 19.1 Å².